The molecule has 11 aromatic carbocycles. The molecule has 0 bridgehead atoms. The van der Waals surface area contributed by atoms with Crippen molar-refractivity contribution in [3.63, 3.8) is 0 Å². The Hall–Kier alpha value is -14.1. The largest absolute Gasteiger partial charge is 2.00 e. The number of benzene rings is 11. The number of aryl methyl sites for hydroxylation is 2. The summed E-state index contributed by atoms with van der Waals surface area (Å²) in [7, 11) is 0. The maximum Gasteiger partial charge on any atom is 2.00 e. The molecule has 0 aliphatic carbocycles. The molecule has 0 unspecified atom stereocenters. The number of alkyl halides is 1. The molecule has 2 N–H and O–H groups in total. The molecular formula is C112H75FIr2N8O4PtS2-4. The summed E-state index contributed by atoms with van der Waals surface area (Å²) in [5, 5.41) is 25.3. The Morgan fingerprint density at radius 3 is 1.18 bits per heavy atom. The summed E-state index contributed by atoms with van der Waals surface area (Å²) in [6.45, 7) is 5.56. The fourth-order valence-corrected chi connectivity index (χ4v) is 16.4. The Balaban J connectivity index is 0.000000132. The molecule has 21 rings (SSSR count). The van der Waals surface area contributed by atoms with Crippen molar-refractivity contribution in [2.24, 2.45) is 0 Å². The second-order valence-corrected chi connectivity index (χ2v) is 31.9. The summed E-state index contributed by atoms with van der Waals surface area (Å²) >= 11 is 3.22. The third kappa shape index (κ3) is 22.2. The number of halogens is 1. The van der Waals surface area contributed by atoms with Crippen LogP contribution in [0.1, 0.15) is 50.4 Å². The Morgan fingerprint density at radius 1 is 0.323 bits per heavy atom. The van der Waals surface area contributed by atoms with E-state index in [1.807, 2.05) is 281 Å². The molecule has 0 aliphatic heterocycles. The number of carboxylic acid groups (broad SMARTS) is 2. The van der Waals surface area contributed by atoms with Gasteiger partial charge in [-0.2, -0.15) is 0 Å². The topological polar surface area (TPSA) is 178 Å². The Bertz CT molecular complexity index is 7080. The molecule has 638 valence electrons. The number of hydrogen-bond donors (Lipinski definition) is 2. The zero-order chi connectivity index (χ0) is 87.0. The predicted octanol–water partition coefficient (Wildman–Crippen LogP) is 27.7. The molecular weight excluding hydrogens is 2180 g/mol. The molecule has 130 heavy (non-hydrogen) atoms. The molecule has 12 nitrogen and oxygen atoms in total. The molecule has 0 spiro atoms. The number of rotatable bonds is 15. The first kappa shape index (κ1) is 92.1. The second-order valence-electron chi connectivity index (χ2n) is 29.8. The van der Waals surface area contributed by atoms with Gasteiger partial charge in [0, 0.05) is 99.2 Å². The zero-order valence-corrected chi connectivity index (χ0v) is 78.6. The molecule has 0 saturated carbocycles. The SMILES string of the molecule is CC(F)(c1cccc(-c2[c-]c3ccccc3s2)n1)c1cccc(-c2[c-]c3ccccc3s2)n1.Cc1ccc(-c2cc(C(=O)O)nc(-c3[c-]cccc3)c2)cc1.Cc1ccc(-c2cc(C(=O)O)nc(-c3[c-]cccc3)c2)cc1.[Ir].[Ir].[Pt+2].[c-]1c(-c2ccccn2)cc(-c2ccccc2)cc1-c1nccc2ccccc12.[c-]1c(-c2ccccn2)cccc1-c1nccc2ccccc12. The van der Waals surface area contributed by atoms with Crippen LogP contribution in [0.25, 0.3) is 164 Å². The summed E-state index contributed by atoms with van der Waals surface area (Å²) in [6.07, 6.45) is 7.32. The van der Waals surface area contributed by atoms with Crippen LogP contribution in [0, 0.1) is 50.2 Å². The number of pyridine rings is 8. The normalized spacial score (nSPS) is 10.7. The van der Waals surface area contributed by atoms with E-state index in [2.05, 4.69) is 150 Å². The van der Waals surface area contributed by atoms with Crippen molar-refractivity contribution >= 4 is 76.3 Å². The number of aromatic carboxylic acids is 2. The van der Waals surface area contributed by atoms with Crippen LogP contribution in [0.2, 0.25) is 0 Å². The first-order valence-corrected chi connectivity index (χ1v) is 42.5. The number of nitrogens with zero attached hydrogens (tertiary/aromatic N) is 8. The van der Waals surface area contributed by atoms with Crippen molar-refractivity contribution < 1.29 is 85.5 Å². The zero-order valence-electron chi connectivity index (χ0n) is 69.9. The monoisotopic (exact) mass is 2260 g/mol. The fraction of sp³-hybridized carbons (Fsp3) is 0.0357. The van der Waals surface area contributed by atoms with Gasteiger partial charge in [-0.25, -0.2) is 36.7 Å². The Labute approximate surface area is 802 Å². The fourth-order valence-electron chi connectivity index (χ4n) is 14.4. The van der Waals surface area contributed by atoms with Crippen molar-refractivity contribution in [2.75, 3.05) is 0 Å². The molecule has 2 radical (unpaired) electrons. The Morgan fingerprint density at radius 2 is 0.715 bits per heavy atom. The third-order valence-electron chi connectivity index (χ3n) is 21.0. The van der Waals surface area contributed by atoms with Gasteiger partial charge in [-0.15, -0.1) is 161 Å². The van der Waals surface area contributed by atoms with Crippen LogP contribution in [0.3, 0.4) is 0 Å². The van der Waals surface area contributed by atoms with Crippen LogP contribution in [0.15, 0.2) is 389 Å². The first-order chi connectivity index (χ1) is 62.1. The minimum Gasteiger partial charge on any atom is -0.477 e. The summed E-state index contributed by atoms with van der Waals surface area (Å²) in [6, 6.07) is 138. The molecule has 0 atom stereocenters. The van der Waals surface area contributed by atoms with Gasteiger partial charge in [-0.05, 0) is 149 Å². The van der Waals surface area contributed by atoms with Crippen LogP contribution in [-0.4, -0.2) is 62.0 Å². The molecule has 0 aliphatic rings. The molecule has 0 amide bonds. The van der Waals surface area contributed by atoms with E-state index in [0.717, 1.165) is 141 Å². The van der Waals surface area contributed by atoms with Gasteiger partial charge in [0.05, 0.1) is 11.4 Å². The molecule has 0 saturated heterocycles. The summed E-state index contributed by atoms with van der Waals surface area (Å²) < 4.78 is 18.5. The molecule has 10 heterocycles. The standard InChI is InChI=1S/C28H17FN2S2.C26H17N2.C20H13N2.2C19H14NO2.2Ir.Pt/c1-28(29,26-14-6-10-20(30-26)24-16-18-8-2-4-12-22(18)32-24)27-15-7-11-21(31-27)25-17-19-9-3-5-13-23(19)33-25;1-2-8-19(9-3-1)21-16-22(25-12-6-7-14-27-25)18-23(17-21)26-24-11-5-4-10-20(24)13-15-28-26;1-2-9-18-15(6-1)11-13-22-20(18)17-8-5-7-16(14-17)19-10-3-4-12-21-19;2*1-13-7-9-14(10-8-13)16-11-17(15-5-3-2-4-6-15)20-18(12-16)19(21)22;;;/h2-15H,1H3;1-17H;1-13H;2*2-5,7-12H,1H3,(H,21,22);;;/q-2;4*-1;;;+2. The average molecular weight is 2260 g/mol. The Kier molecular flexibility index (Phi) is 30.6. The van der Waals surface area contributed by atoms with Crippen molar-refractivity contribution in [3.05, 3.63) is 459 Å². The van der Waals surface area contributed by atoms with Crippen LogP contribution in [0.4, 0.5) is 4.39 Å². The third-order valence-corrected chi connectivity index (χ3v) is 23.1. The van der Waals surface area contributed by atoms with Crippen LogP contribution >= 0.6 is 22.7 Å². The van der Waals surface area contributed by atoms with Crippen molar-refractivity contribution in [2.45, 2.75) is 26.4 Å². The molecule has 10 aromatic heterocycles. The van der Waals surface area contributed by atoms with Crippen molar-refractivity contribution in [1.29, 1.82) is 0 Å². The van der Waals surface area contributed by atoms with Crippen LogP contribution in [-0.2, 0) is 66.9 Å². The average Bonchev–Trinajstić information content (AvgIpc) is 1.22. The number of thiophene rings is 2. The minimum absolute atomic E-state index is 0. The summed E-state index contributed by atoms with van der Waals surface area (Å²) in [4.78, 5) is 60.5. The summed E-state index contributed by atoms with van der Waals surface area (Å²) in [5.41, 5.74) is 18.9. The van der Waals surface area contributed by atoms with Gasteiger partial charge in [-0.1, -0.05) is 251 Å². The number of aromatic nitrogens is 8. The van der Waals surface area contributed by atoms with Crippen molar-refractivity contribution in [1.82, 2.24) is 39.9 Å². The predicted molar refractivity (Wildman–Crippen MR) is 511 cm³/mol. The van der Waals surface area contributed by atoms with Gasteiger partial charge < -0.3 is 10.2 Å². The van der Waals surface area contributed by atoms with Gasteiger partial charge in [0.15, 0.2) is 5.67 Å². The van der Waals surface area contributed by atoms with E-state index in [-0.39, 0.29) is 72.7 Å². The van der Waals surface area contributed by atoms with Gasteiger partial charge in [0.1, 0.15) is 11.4 Å². The van der Waals surface area contributed by atoms with Crippen LogP contribution in [0.5, 0.6) is 0 Å². The van der Waals surface area contributed by atoms with E-state index in [1.54, 1.807) is 65.3 Å². The van der Waals surface area contributed by atoms with Gasteiger partial charge >= 0.3 is 33.0 Å². The minimum atomic E-state index is -1.85. The van der Waals surface area contributed by atoms with Gasteiger partial charge in [0.25, 0.3) is 0 Å². The van der Waals surface area contributed by atoms with E-state index >= 15 is 4.39 Å². The maximum atomic E-state index is 16.2. The number of fused-ring (bicyclic) bond motifs is 4. The smallest absolute Gasteiger partial charge is 0.477 e. The molecule has 0 fully saturated rings. The summed E-state index contributed by atoms with van der Waals surface area (Å²) in [5.74, 6) is -2.07. The second kappa shape index (κ2) is 43.1. The van der Waals surface area contributed by atoms with Gasteiger partial charge in [0.2, 0.25) is 0 Å². The van der Waals surface area contributed by atoms with Crippen LogP contribution < -0.4 is 0 Å². The maximum absolute atomic E-state index is 16.2. The van der Waals surface area contributed by atoms with E-state index in [0.29, 0.717) is 34.2 Å². The van der Waals surface area contributed by atoms with E-state index in [1.165, 1.54) is 17.7 Å². The number of carbonyl (C=O) groups is 2. The quantitative estimate of drug-likeness (QED) is 0.0930. The van der Waals surface area contributed by atoms with Crippen molar-refractivity contribution in [3.8, 4) is 122 Å². The molecule has 21 aromatic rings. The molecule has 18 heteroatoms. The van der Waals surface area contributed by atoms with Gasteiger partial charge in [-0.3, -0.25) is 39.9 Å². The first-order valence-electron chi connectivity index (χ1n) is 40.9. The van der Waals surface area contributed by atoms with E-state index in [4.69, 9.17) is 4.98 Å². The van der Waals surface area contributed by atoms with E-state index in [9.17, 15) is 19.8 Å². The number of carboxylic acids is 2. The number of hydrogen-bond acceptors (Lipinski definition) is 12. The van der Waals surface area contributed by atoms with E-state index < -0.39 is 17.6 Å².